The van der Waals surface area contributed by atoms with E-state index >= 15 is 0 Å². The van der Waals surface area contributed by atoms with Crippen LogP contribution >= 0.6 is 0 Å². The van der Waals surface area contributed by atoms with Crippen molar-refractivity contribution >= 4 is 29.1 Å². The van der Waals surface area contributed by atoms with Crippen molar-refractivity contribution in [1.29, 1.82) is 0 Å². The van der Waals surface area contributed by atoms with Crippen LogP contribution in [0.2, 0.25) is 0 Å². The first-order valence-electron chi connectivity index (χ1n) is 11.3. The van der Waals surface area contributed by atoms with Crippen LogP contribution in [0.4, 0.5) is 11.4 Å². The van der Waals surface area contributed by atoms with E-state index < -0.39 is 0 Å². The van der Waals surface area contributed by atoms with Gasteiger partial charge in [-0.3, -0.25) is 14.4 Å². The highest BCUT2D eigenvalue weighted by Crippen LogP contribution is 2.42. The van der Waals surface area contributed by atoms with E-state index in [1.807, 2.05) is 29.2 Å². The van der Waals surface area contributed by atoms with E-state index in [-0.39, 0.29) is 29.7 Å². The summed E-state index contributed by atoms with van der Waals surface area (Å²) in [7, 11) is 0. The fourth-order valence-corrected chi connectivity index (χ4v) is 5.25. The minimum absolute atomic E-state index is 0.000312. The third kappa shape index (κ3) is 4.07. The van der Waals surface area contributed by atoms with Crippen LogP contribution in [0.3, 0.4) is 0 Å². The lowest BCUT2D eigenvalue weighted by molar-refractivity contribution is -0.119. The van der Waals surface area contributed by atoms with Gasteiger partial charge in [-0.2, -0.15) is 0 Å². The van der Waals surface area contributed by atoms with Crippen molar-refractivity contribution in [3.8, 4) is 5.75 Å². The molecule has 2 heterocycles. The van der Waals surface area contributed by atoms with Crippen molar-refractivity contribution in [2.75, 3.05) is 23.8 Å². The van der Waals surface area contributed by atoms with Gasteiger partial charge in [0, 0.05) is 30.8 Å². The van der Waals surface area contributed by atoms with Crippen molar-refractivity contribution in [2.45, 2.75) is 45.1 Å². The fourth-order valence-electron chi connectivity index (χ4n) is 5.25. The van der Waals surface area contributed by atoms with Crippen molar-refractivity contribution in [3.63, 3.8) is 0 Å². The Morgan fingerprint density at radius 2 is 1.91 bits per heavy atom. The Morgan fingerprint density at radius 3 is 2.72 bits per heavy atom. The second-order valence-electron chi connectivity index (χ2n) is 9.15. The molecule has 2 aromatic carbocycles. The van der Waals surface area contributed by atoms with E-state index in [0.717, 1.165) is 36.8 Å². The Kier molecular flexibility index (Phi) is 5.33. The molecule has 3 amide bonds. The molecule has 2 aromatic rings. The summed E-state index contributed by atoms with van der Waals surface area (Å²) in [6.07, 6.45) is 5.56. The number of benzene rings is 2. The molecular formula is C25H27N3O4. The second kappa shape index (κ2) is 8.30. The number of fused-ring (bicyclic) bond motifs is 2. The van der Waals surface area contributed by atoms with E-state index in [2.05, 4.69) is 10.6 Å². The van der Waals surface area contributed by atoms with Crippen molar-refractivity contribution in [1.82, 2.24) is 4.90 Å². The molecule has 7 nitrogen and oxygen atoms in total. The van der Waals surface area contributed by atoms with Crippen LogP contribution in [-0.2, 0) is 16.1 Å². The van der Waals surface area contributed by atoms with Gasteiger partial charge in [0.2, 0.25) is 5.91 Å². The minimum atomic E-state index is -0.217. The molecule has 3 aliphatic rings. The van der Waals surface area contributed by atoms with Crippen LogP contribution in [0.25, 0.3) is 0 Å². The highest BCUT2D eigenvalue weighted by molar-refractivity contribution is 5.99. The van der Waals surface area contributed by atoms with E-state index in [1.165, 1.54) is 6.42 Å². The molecule has 5 rings (SSSR count). The molecule has 0 atom stereocenters. The standard InChI is InChI=1S/C25H27N3O4/c29-22(26-18-8-9-21-20(12-18)27-23(30)15-32-21)13-25(10-4-1-5-11-25)16-28-14-17-6-2-3-7-19(17)24(28)31/h2-3,6-9,12H,1,4-5,10-11,13-16H2,(H,26,29)(H,27,30). The number of ether oxygens (including phenoxy) is 1. The number of anilines is 2. The molecule has 0 radical (unpaired) electrons. The Labute approximate surface area is 187 Å². The minimum Gasteiger partial charge on any atom is -0.482 e. The summed E-state index contributed by atoms with van der Waals surface area (Å²) in [5.74, 6) is 0.382. The largest absolute Gasteiger partial charge is 0.482 e. The van der Waals surface area contributed by atoms with E-state index in [1.54, 1.807) is 18.2 Å². The SMILES string of the molecule is O=C(CC1(CN2Cc3ccccc3C2=O)CCCCC1)Nc1ccc2c(c1)NC(=O)CO2. The van der Waals surface area contributed by atoms with E-state index in [4.69, 9.17) is 4.74 Å². The molecule has 0 saturated heterocycles. The lowest BCUT2D eigenvalue weighted by Gasteiger charge is -2.39. The van der Waals surface area contributed by atoms with Gasteiger partial charge in [0.1, 0.15) is 5.75 Å². The molecule has 7 heteroatoms. The zero-order valence-electron chi connectivity index (χ0n) is 18.0. The third-order valence-electron chi connectivity index (χ3n) is 6.77. The van der Waals surface area contributed by atoms with Gasteiger partial charge in [-0.1, -0.05) is 37.5 Å². The summed E-state index contributed by atoms with van der Waals surface area (Å²) in [6.45, 7) is 1.21. The molecule has 0 unspecified atom stereocenters. The molecule has 1 fully saturated rings. The average Bonchev–Trinajstić information content (AvgIpc) is 3.09. The molecular weight excluding hydrogens is 406 g/mol. The topological polar surface area (TPSA) is 87.7 Å². The lowest BCUT2D eigenvalue weighted by Crippen LogP contribution is -2.41. The molecule has 0 bridgehead atoms. The predicted molar refractivity (Wildman–Crippen MR) is 121 cm³/mol. The Bertz CT molecular complexity index is 1070. The molecule has 2 aliphatic heterocycles. The summed E-state index contributed by atoms with van der Waals surface area (Å²) < 4.78 is 5.38. The van der Waals surface area contributed by atoms with Crippen LogP contribution in [0.15, 0.2) is 42.5 Å². The van der Waals surface area contributed by atoms with Gasteiger partial charge in [0.05, 0.1) is 5.69 Å². The summed E-state index contributed by atoms with van der Waals surface area (Å²) in [6, 6.07) is 13.0. The van der Waals surface area contributed by atoms with Crippen LogP contribution in [-0.4, -0.2) is 35.8 Å². The average molecular weight is 434 g/mol. The number of rotatable bonds is 5. The number of carbonyl (C=O) groups is 3. The smallest absolute Gasteiger partial charge is 0.262 e. The van der Waals surface area contributed by atoms with Gasteiger partial charge in [-0.05, 0) is 48.1 Å². The Balaban J connectivity index is 1.29. The number of hydrogen-bond donors (Lipinski definition) is 2. The predicted octanol–water partition coefficient (Wildman–Crippen LogP) is 3.95. The number of amides is 3. The number of nitrogens with one attached hydrogen (secondary N) is 2. The molecule has 1 aliphatic carbocycles. The summed E-state index contributed by atoms with van der Waals surface area (Å²) in [5.41, 5.74) is 2.81. The third-order valence-corrected chi connectivity index (χ3v) is 6.77. The highest BCUT2D eigenvalue weighted by atomic mass is 16.5. The van der Waals surface area contributed by atoms with Crippen LogP contribution in [0.5, 0.6) is 5.75 Å². The first-order chi connectivity index (χ1) is 15.5. The van der Waals surface area contributed by atoms with Crippen molar-refractivity contribution in [3.05, 3.63) is 53.6 Å². The Morgan fingerprint density at radius 1 is 1.09 bits per heavy atom. The maximum atomic E-state index is 13.1. The lowest BCUT2D eigenvalue weighted by atomic mass is 9.71. The number of carbonyl (C=O) groups excluding carboxylic acids is 3. The monoisotopic (exact) mass is 433 g/mol. The fraction of sp³-hybridized carbons (Fsp3) is 0.400. The van der Waals surface area contributed by atoms with Crippen molar-refractivity contribution in [2.24, 2.45) is 5.41 Å². The zero-order chi connectivity index (χ0) is 22.1. The quantitative estimate of drug-likeness (QED) is 0.747. The van der Waals surface area contributed by atoms with E-state index in [9.17, 15) is 14.4 Å². The molecule has 0 aromatic heterocycles. The van der Waals surface area contributed by atoms with Gasteiger partial charge < -0.3 is 20.3 Å². The van der Waals surface area contributed by atoms with Gasteiger partial charge >= 0.3 is 0 Å². The number of nitrogens with zero attached hydrogens (tertiary/aromatic N) is 1. The summed E-state index contributed by atoms with van der Waals surface area (Å²) in [5, 5.41) is 5.75. The van der Waals surface area contributed by atoms with Crippen LogP contribution < -0.4 is 15.4 Å². The second-order valence-corrected chi connectivity index (χ2v) is 9.15. The van der Waals surface area contributed by atoms with Crippen LogP contribution in [0, 0.1) is 5.41 Å². The summed E-state index contributed by atoms with van der Waals surface area (Å²) >= 11 is 0. The zero-order valence-corrected chi connectivity index (χ0v) is 18.0. The maximum Gasteiger partial charge on any atom is 0.262 e. The summed E-state index contributed by atoms with van der Waals surface area (Å²) in [4.78, 5) is 39.5. The maximum absolute atomic E-state index is 13.1. The molecule has 32 heavy (non-hydrogen) atoms. The normalized spacial score (nSPS) is 18.9. The van der Waals surface area contributed by atoms with Gasteiger partial charge in [0.15, 0.2) is 6.61 Å². The number of hydrogen-bond acceptors (Lipinski definition) is 4. The molecule has 2 N–H and O–H groups in total. The van der Waals surface area contributed by atoms with Gasteiger partial charge in [0.25, 0.3) is 11.8 Å². The first kappa shape index (κ1) is 20.5. The van der Waals surface area contributed by atoms with Crippen LogP contribution in [0.1, 0.15) is 54.4 Å². The van der Waals surface area contributed by atoms with Crippen molar-refractivity contribution < 1.29 is 19.1 Å². The van der Waals surface area contributed by atoms with E-state index in [0.29, 0.717) is 36.6 Å². The van der Waals surface area contributed by atoms with Gasteiger partial charge in [-0.25, -0.2) is 0 Å². The first-order valence-corrected chi connectivity index (χ1v) is 11.3. The molecule has 0 spiro atoms. The van der Waals surface area contributed by atoms with Gasteiger partial charge in [-0.15, -0.1) is 0 Å². The Hall–Kier alpha value is -3.35. The molecule has 166 valence electrons. The molecule has 1 saturated carbocycles. The highest BCUT2D eigenvalue weighted by Gasteiger charge is 2.39.